The Labute approximate surface area is 113 Å². The summed E-state index contributed by atoms with van der Waals surface area (Å²) >= 11 is 0. The Morgan fingerprint density at radius 3 is 2.89 bits per heavy atom. The molecule has 0 fully saturated rings. The quantitative estimate of drug-likeness (QED) is 0.833. The lowest BCUT2D eigenvalue weighted by atomic mass is 9.88. The van der Waals surface area contributed by atoms with Gasteiger partial charge in [-0.15, -0.1) is 0 Å². The van der Waals surface area contributed by atoms with Crippen LogP contribution in [0.1, 0.15) is 25.0 Å². The van der Waals surface area contributed by atoms with Crippen molar-refractivity contribution in [3.05, 3.63) is 59.7 Å². The van der Waals surface area contributed by atoms with Crippen molar-refractivity contribution in [3.63, 3.8) is 0 Å². The fourth-order valence-corrected chi connectivity index (χ4v) is 2.36. The van der Waals surface area contributed by atoms with E-state index in [2.05, 4.69) is 47.4 Å². The monoisotopic (exact) mass is 251 g/mol. The van der Waals surface area contributed by atoms with Crippen molar-refractivity contribution in [2.24, 2.45) is 4.99 Å². The fourth-order valence-electron chi connectivity index (χ4n) is 2.36. The molecule has 1 aromatic heterocycles. The lowest BCUT2D eigenvalue weighted by Crippen LogP contribution is -2.42. The summed E-state index contributed by atoms with van der Waals surface area (Å²) in [4.78, 5) is 8.86. The van der Waals surface area contributed by atoms with Gasteiger partial charge in [-0.05, 0) is 44.6 Å². The van der Waals surface area contributed by atoms with Gasteiger partial charge in [-0.1, -0.05) is 6.08 Å². The van der Waals surface area contributed by atoms with Crippen molar-refractivity contribution in [2.75, 3.05) is 0 Å². The Kier molecular flexibility index (Phi) is 2.63. The number of pyridine rings is 1. The van der Waals surface area contributed by atoms with Gasteiger partial charge in [0.25, 0.3) is 0 Å². The van der Waals surface area contributed by atoms with E-state index < -0.39 is 0 Å². The van der Waals surface area contributed by atoms with Gasteiger partial charge < -0.3 is 5.32 Å². The maximum absolute atomic E-state index is 4.65. The van der Waals surface area contributed by atoms with Crippen molar-refractivity contribution in [3.8, 4) is 0 Å². The number of fused-ring (bicyclic) bond motifs is 1. The van der Waals surface area contributed by atoms with Crippen LogP contribution in [0, 0.1) is 6.92 Å². The van der Waals surface area contributed by atoms with E-state index >= 15 is 0 Å². The number of aryl methyl sites for hydroxylation is 1. The minimum Gasteiger partial charge on any atom is -0.376 e. The predicted molar refractivity (Wildman–Crippen MR) is 78.8 cm³/mol. The van der Waals surface area contributed by atoms with Gasteiger partial charge in [0.2, 0.25) is 0 Å². The van der Waals surface area contributed by atoms with Gasteiger partial charge in [-0.3, -0.25) is 9.98 Å². The van der Waals surface area contributed by atoms with Crippen LogP contribution >= 0.6 is 0 Å². The molecule has 19 heavy (non-hydrogen) atoms. The van der Waals surface area contributed by atoms with Gasteiger partial charge in [0.05, 0.1) is 11.2 Å². The third-order valence-corrected chi connectivity index (χ3v) is 3.66. The Morgan fingerprint density at radius 1 is 1.26 bits per heavy atom. The van der Waals surface area contributed by atoms with Crippen molar-refractivity contribution in [1.29, 1.82) is 0 Å². The van der Waals surface area contributed by atoms with E-state index in [0.717, 1.165) is 22.5 Å². The smallest absolute Gasteiger partial charge is 0.0952 e. The highest BCUT2D eigenvalue weighted by Gasteiger charge is 2.30. The van der Waals surface area contributed by atoms with Crippen molar-refractivity contribution < 1.29 is 0 Å². The van der Waals surface area contributed by atoms with Crippen LogP contribution < -0.4 is 5.32 Å². The molecule has 0 bridgehead atoms. The molecule has 1 unspecified atom stereocenters. The molecule has 0 spiro atoms. The van der Waals surface area contributed by atoms with Gasteiger partial charge in [0.1, 0.15) is 0 Å². The Hall–Kier alpha value is -2.16. The summed E-state index contributed by atoms with van der Waals surface area (Å²) in [5.74, 6) is 0. The van der Waals surface area contributed by atoms with Crippen LogP contribution in [0.5, 0.6) is 0 Å². The molecular formula is C16H17N3. The molecule has 0 aromatic carbocycles. The minimum atomic E-state index is -0.195. The average Bonchev–Trinajstić information content (AvgIpc) is 2.40. The number of aliphatic imine (C=N–C) groups is 1. The Bertz CT molecular complexity index is 650. The van der Waals surface area contributed by atoms with Crippen molar-refractivity contribution >= 4 is 11.3 Å². The largest absolute Gasteiger partial charge is 0.376 e. The second-order valence-electron chi connectivity index (χ2n) is 5.25. The Balaban J connectivity index is 2.05. The fraction of sp³-hybridized carbons (Fsp3) is 0.250. The molecule has 3 heterocycles. The van der Waals surface area contributed by atoms with Crippen molar-refractivity contribution in [1.82, 2.24) is 10.3 Å². The summed E-state index contributed by atoms with van der Waals surface area (Å²) in [5, 5.41) is 3.44. The summed E-state index contributed by atoms with van der Waals surface area (Å²) < 4.78 is 0. The number of dihydropyridines is 2. The average molecular weight is 251 g/mol. The van der Waals surface area contributed by atoms with Crippen LogP contribution in [0.15, 0.2) is 53.6 Å². The molecule has 0 saturated heterocycles. The summed E-state index contributed by atoms with van der Waals surface area (Å²) in [6, 6.07) is 2.03. The van der Waals surface area contributed by atoms with Gasteiger partial charge in [0.15, 0.2) is 0 Å². The molecule has 3 rings (SSSR count). The highest BCUT2D eigenvalue weighted by Crippen LogP contribution is 2.32. The van der Waals surface area contributed by atoms with Crippen LogP contribution in [-0.2, 0) is 0 Å². The molecule has 1 aromatic rings. The molecule has 0 radical (unpaired) electrons. The summed E-state index contributed by atoms with van der Waals surface area (Å²) in [5.41, 5.74) is 5.38. The van der Waals surface area contributed by atoms with Crippen LogP contribution in [0.2, 0.25) is 0 Å². The molecule has 3 heteroatoms. The predicted octanol–water partition coefficient (Wildman–Crippen LogP) is 3.01. The van der Waals surface area contributed by atoms with Gasteiger partial charge in [-0.25, -0.2) is 0 Å². The number of hydrogen-bond acceptors (Lipinski definition) is 3. The molecule has 1 N–H and O–H groups in total. The van der Waals surface area contributed by atoms with Crippen LogP contribution in [-0.4, -0.2) is 16.2 Å². The molecule has 0 aliphatic carbocycles. The first kappa shape index (κ1) is 11.9. The molecule has 1 atom stereocenters. The first-order valence-corrected chi connectivity index (χ1v) is 6.44. The van der Waals surface area contributed by atoms with Crippen LogP contribution in [0.4, 0.5) is 0 Å². The molecule has 2 aliphatic rings. The third kappa shape index (κ3) is 2.01. The first-order chi connectivity index (χ1) is 9.08. The lowest BCUT2D eigenvalue weighted by Gasteiger charge is -2.33. The molecule has 96 valence electrons. The molecular weight excluding hydrogens is 234 g/mol. The minimum absolute atomic E-state index is 0.195. The number of nitrogens with one attached hydrogen (secondary N) is 1. The summed E-state index contributed by atoms with van der Waals surface area (Å²) in [7, 11) is 0. The summed E-state index contributed by atoms with van der Waals surface area (Å²) in [6.45, 7) is 6.25. The molecule has 3 nitrogen and oxygen atoms in total. The zero-order chi connectivity index (χ0) is 13.5. The van der Waals surface area contributed by atoms with E-state index in [-0.39, 0.29) is 5.54 Å². The number of aromatic nitrogens is 1. The lowest BCUT2D eigenvalue weighted by molar-refractivity contribution is 0.567. The topological polar surface area (TPSA) is 37.3 Å². The van der Waals surface area contributed by atoms with Crippen LogP contribution in [0.3, 0.4) is 0 Å². The highest BCUT2D eigenvalue weighted by atomic mass is 15.0. The SMILES string of the molecule is CC1=NC2=CC(c3cnccc3C)=CNC2(C)C=C1. The maximum atomic E-state index is 4.65. The first-order valence-electron chi connectivity index (χ1n) is 6.44. The zero-order valence-corrected chi connectivity index (χ0v) is 11.4. The van der Waals surface area contributed by atoms with E-state index in [0.29, 0.717) is 0 Å². The third-order valence-electron chi connectivity index (χ3n) is 3.66. The van der Waals surface area contributed by atoms with E-state index in [9.17, 15) is 0 Å². The van der Waals surface area contributed by atoms with Crippen LogP contribution in [0.25, 0.3) is 5.57 Å². The van der Waals surface area contributed by atoms with E-state index in [4.69, 9.17) is 0 Å². The number of allylic oxidation sites excluding steroid dienone is 3. The second-order valence-corrected chi connectivity index (χ2v) is 5.25. The molecule has 2 aliphatic heterocycles. The van der Waals surface area contributed by atoms with Gasteiger partial charge in [-0.2, -0.15) is 0 Å². The zero-order valence-electron chi connectivity index (χ0n) is 11.4. The Morgan fingerprint density at radius 2 is 2.11 bits per heavy atom. The number of rotatable bonds is 1. The normalized spacial score (nSPS) is 24.9. The van der Waals surface area contributed by atoms with Crippen molar-refractivity contribution in [2.45, 2.75) is 26.3 Å². The van der Waals surface area contributed by atoms with E-state index in [1.54, 1.807) is 0 Å². The second kappa shape index (κ2) is 4.19. The highest BCUT2D eigenvalue weighted by molar-refractivity contribution is 5.96. The van der Waals surface area contributed by atoms with E-state index in [1.807, 2.05) is 31.6 Å². The van der Waals surface area contributed by atoms with E-state index in [1.165, 1.54) is 5.56 Å². The molecule has 0 amide bonds. The number of nitrogens with zero attached hydrogens (tertiary/aromatic N) is 2. The molecule has 0 saturated carbocycles. The standard InChI is InChI=1S/C16H17N3/c1-11-5-7-17-10-14(11)13-8-15-16(3,18-9-13)6-4-12(2)19-15/h4-10,18H,1-3H3. The maximum Gasteiger partial charge on any atom is 0.0952 e. The van der Waals surface area contributed by atoms with Gasteiger partial charge >= 0.3 is 0 Å². The number of hydrogen-bond donors (Lipinski definition) is 1. The van der Waals surface area contributed by atoms with Gasteiger partial charge in [0, 0.05) is 35.4 Å². The summed E-state index contributed by atoms with van der Waals surface area (Å²) in [6.07, 6.45) is 12.1.